The van der Waals surface area contributed by atoms with Gasteiger partial charge in [0.25, 0.3) is 0 Å². The fraction of sp³-hybridized carbons (Fsp3) is 0.444. The molecule has 72 valence electrons. The Balaban J connectivity index is 2.60. The number of hydrogen-bond acceptors (Lipinski definition) is 4. The number of pyridine rings is 1. The van der Waals surface area contributed by atoms with Gasteiger partial charge in [-0.05, 0) is 6.07 Å². The molecule has 13 heavy (non-hydrogen) atoms. The van der Waals surface area contributed by atoms with Crippen LogP contribution in [0.2, 0.25) is 0 Å². The van der Waals surface area contributed by atoms with Crippen LogP contribution in [0.1, 0.15) is 0 Å². The Kier molecular flexibility index (Phi) is 3.52. The van der Waals surface area contributed by atoms with Crippen molar-refractivity contribution in [2.45, 2.75) is 0 Å². The van der Waals surface area contributed by atoms with Gasteiger partial charge in [0.05, 0.1) is 6.61 Å². The first kappa shape index (κ1) is 9.80. The molecule has 2 N–H and O–H groups in total. The van der Waals surface area contributed by atoms with Crippen LogP contribution in [0, 0.1) is 0 Å². The summed E-state index contributed by atoms with van der Waals surface area (Å²) >= 11 is 0. The van der Waals surface area contributed by atoms with Crippen LogP contribution >= 0.6 is 0 Å². The summed E-state index contributed by atoms with van der Waals surface area (Å²) in [6.07, 6.45) is 1.70. The van der Waals surface area contributed by atoms with Crippen molar-refractivity contribution in [1.29, 1.82) is 0 Å². The van der Waals surface area contributed by atoms with Crippen molar-refractivity contribution in [2.24, 2.45) is 0 Å². The average Bonchev–Trinajstić information content (AvgIpc) is 2.14. The van der Waals surface area contributed by atoms with Crippen molar-refractivity contribution in [3.63, 3.8) is 0 Å². The van der Waals surface area contributed by atoms with Crippen molar-refractivity contribution in [1.82, 2.24) is 4.98 Å². The Hall–Kier alpha value is -1.29. The number of likely N-dealkylation sites (N-methyl/N-ethyl adjacent to an activating group) is 1. The van der Waals surface area contributed by atoms with E-state index in [2.05, 4.69) is 9.88 Å². The molecule has 0 saturated heterocycles. The van der Waals surface area contributed by atoms with Crippen molar-refractivity contribution in [3.8, 4) is 0 Å². The third-order valence-corrected chi connectivity index (χ3v) is 1.84. The molecule has 0 spiro atoms. The summed E-state index contributed by atoms with van der Waals surface area (Å²) in [6, 6.07) is 3.77. The number of anilines is 2. The first-order valence-electron chi connectivity index (χ1n) is 4.15. The van der Waals surface area contributed by atoms with Gasteiger partial charge in [-0.3, -0.25) is 0 Å². The summed E-state index contributed by atoms with van der Waals surface area (Å²) in [5, 5.41) is 0. The lowest BCUT2D eigenvalue weighted by Crippen LogP contribution is -2.22. The van der Waals surface area contributed by atoms with E-state index in [1.807, 2.05) is 19.2 Å². The van der Waals surface area contributed by atoms with Crippen LogP contribution in [0.15, 0.2) is 18.3 Å². The fourth-order valence-corrected chi connectivity index (χ4v) is 1.03. The molecule has 0 aliphatic carbocycles. The second kappa shape index (κ2) is 4.67. The number of ether oxygens (including phenoxy) is 1. The molecule has 1 aromatic rings. The van der Waals surface area contributed by atoms with E-state index < -0.39 is 0 Å². The van der Waals surface area contributed by atoms with Gasteiger partial charge in [-0.25, -0.2) is 4.98 Å². The molecule has 0 aliphatic heterocycles. The number of nitrogen functional groups attached to an aromatic ring is 1. The summed E-state index contributed by atoms with van der Waals surface area (Å²) in [5.41, 5.74) is 6.62. The zero-order valence-electron chi connectivity index (χ0n) is 8.03. The highest BCUT2D eigenvalue weighted by Gasteiger charge is 1.99. The number of nitrogens with two attached hydrogens (primary N) is 1. The van der Waals surface area contributed by atoms with E-state index in [0.717, 1.165) is 12.2 Å². The number of methoxy groups -OCH3 is 1. The molecule has 0 amide bonds. The van der Waals surface area contributed by atoms with Crippen LogP contribution in [0.3, 0.4) is 0 Å². The Morgan fingerprint density at radius 3 is 3.00 bits per heavy atom. The Labute approximate surface area is 78.3 Å². The summed E-state index contributed by atoms with van der Waals surface area (Å²) in [4.78, 5) is 5.99. The van der Waals surface area contributed by atoms with E-state index in [4.69, 9.17) is 10.5 Å². The van der Waals surface area contributed by atoms with Crippen LogP contribution in [0.5, 0.6) is 0 Å². The zero-order valence-corrected chi connectivity index (χ0v) is 8.03. The molecule has 4 heteroatoms. The summed E-state index contributed by atoms with van der Waals surface area (Å²) < 4.78 is 4.98. The summed E-state index contributed by atoms with van der Waals surface area (Å²) in [5.74, 6) is 0.543. The molecule has 1 rings (SSSR count). The average molecular weight is 181 g/mol. The molecular weight excluding hydrogens is 166 g/mol. The molecule has 1 aromatic heterocycles. The molecule has 0 saturated carbocycles. The minimum atomic E-state index is 0.543. The van der Waals surface area contributed by atoms with E-state index in [1.54, 1.807) is 13.3 Å². The van der Waals surface area contributed by atoms with Crippen molar-refractivity contribution < 1.29 is 4.74 Å². The largest absolute Gasteiger partial charge is 0.384 e. The summed E-state index contributed by atoms with van der Waals surface area (Å²) in [7, 11) is 3.68. The van der Waals surface area contributed by atoms with Gasteiger partial charge in [-0.2, -0.15) is 0 Å². The van der Waals surface area contributed by atoms with E-state index in [0.29, 0.717) is 12.4 Å². The molecule has 0 bridgehead atoms. The maximum absolute atomic E-state index is 5.56. The topological polar surface area (TPSA) is 51.4 Å². The van der Waals surface area contributed by atoms with Gasteiger partial charge in [0.15, 0.2) is 0 Å². The molecular formula is C9H15N3O. The molecule has 0 fully saturated rings. The first-order chi connectivity index (χ1) is 6.24. The molecule has 0 unspecified atom stereocenters. The van der Waals surface area contributed by atoms with Crippen LogP contribution in [0.4, 0.5) is 11.5 Å². The maximum Gasteiger partial charge on any atom is 0.125 e. The normalized spacial score (nSPS) is 10.0. The van der Waals surface area contributed by atoms with Crippen LogP contribution in [-0.4, -0.2) is 32.3 Å². The SMILES string of the molecule is COCCN(C)c1ccnc(N)c1. The molecule has 0 atom stereocenters. The zero-order chi connectivity index (χ0) is 9.68. The molecule has 0 radical (unpaired) electrons. The van der Waals surface area contributed by atoms with E-state index in [-0.39, 0.29) is 0 Å². The third-order valence-electron chi connectivity index (χ3n) is 1.84. The second-order valence-corrected chi connectivity index (χ2v) is 2.85. The molecule has 0 aromatic carbocycles. The highest BCUT2D eigenvalue weighted by molar-refractivity contribution is 5.51. The molecule has 1 heterocycles. The smallest absolute Gasteiger partial charge is 0.125 e. The number of hydrogen-bond donors (Lipinski definition) is 1. The lowest BCUT2D eigenvalue weighted by molar-refractivity contribution is 0.206. The fourth-order valence-electron chi connectivity index (χ4n) is 1.03. The summed E-state index contributed by atoms with van der Waals surface area (Å²) in [6.45, 7) is 1.55. The molecule has 0 aliphatic rings. The van der Waals surface area contributed by atoms with Gasteiger partial charge < -0.3 is 15.4 Å². The highest BCUT2D eigenvalue weighted by Crippen LogP contribution is 2.12. The van der Waals surface area contributed by atoms with Crippen LogP contribution in [-0.2, 0) is 4.74 Å². The van der Waals surface area contributed by atoms with Crippen molar-refractivity contribution >= 4 is 11.5 Å². The minimum absolute atomic E-state index is 0.543. The number of rotatable bonds is 4. The van der Waals surface area contributed by atoms with E-state index >= 15 is 0 Å². The Morgan fingerprint density at radius 2 is 2.38 bits per heavy atom. The third kappa shape index (κ3) is 2.91. The molecule has 4 nitrogen and oxygen atoms in total. The Morgan fingerprint density at radius 1 is 1.62 bits per heavy atom. The monoisotopic (exact) mass is 181 g/mol. The van der Waals surface area contributed by atoms with Crippen molar-refractivity contribution in [2.75, 3.05) is 37.9 Å². The van der Waals surface area contributed by atoms with Gasteiger partial charge in [0.2, 0.25) is 0 Å². The van der Waals surface area contributed by atoms with Gasteiger partial charge in [0.1, 0.15) is 5.82 Å². The minimum Gasteiger partial charge on any atom is -0.384 e. The number of aromatic nitrogens is 1. The number of nitrogens with zero attached hydrogens (tertiary/aromatic N) is 2. The van der Waals surface area contributed by atoms with E-state index in [9.17, 15) is 0 Å². The van der Waals surface area contributed by atoms with E-state index in [1.165, 1.54) is 0 Å². The maximum atomic E-state index is 5.56. The standard InChI is InChI=1S/C9H15N3O/c1-12(5-6-13-2)8-3-4-11-9(10)7-8/h3-4,7H,5-6H2,1-2H3,(H2,10,11). The highest BCUT2D eigenvalue weighted by atomic mass is 16.5. The van der Waals surface area contributed by atoms with Gasteiger partial charge in [-0.1, -0.05) is 0 Å². The lowest BCUT2D eigenvalue weighted by atomic mass is 10.3. The second-order valence-electron chi connectivity index (χ2n) is 2.85. The van der Waals surface area contributed by atoms with Crippen LogP contribution in [0.25, 0.3) is 0 Å². The van der Waals surface area contributed by atoms with Gasteiger partial charge in [0, 0.05) is 38.7 Å². The quantitative estimate of drug-likeness (QED) is 0.744. The Bertz CT molecular complexity index is 265. The predicted octanol–water partition coefficient (Wildman–Crippen LogP) is 0.746. The van der Waals surface area contributed by atoms with Crippen LogP contribution < -0.4 is 10.6 Å². The first-order valence-corrected chi connectivity index (χ1v) is 4.15. The van der Waals surface area contributed by atoms with Gasteiger partial charge in [-0.15, -0.1) is 0 Å². The predicted molar refractivity (Wildman–Crippen MR) is 53.8 cm³/mol. The van der Waals surface area contributed by atoms with Gasteiger partial charge >= 0.3 is 0 Å². The lowest BCUT2D eigenvalue weighted by Gasteiger charge is -2.18. The van der Waals surface area contributed by atoms with Crippen molar-refractivity contribution in [3.05, 3.63) is 18.3 Å².